The number of rotatable bonds is 9. The monoisotopic (exact) mass is 525 g/mol. The molecule has 37 heavy (non-hydrogen) atoms. The lowest BCUT2D eigenvalue weighted by Gasteiger charge is -2.20. The molecule has 0 bridgehead atoms. The topological polar surface area (TPSA) is 184 Å². The zero-order valence-corrected chi connectivity index (χ0v) is 21.4. The van der Waals surface area contributed by atoms with Gasteiger partial charge in [0.2, 0.25) is 33.6 Å². The number of anilines is 1. The third-order valence-corrected chi connectivity index (χ3v) is 7.48. The van der Waals surface area contributed by atoms with Crippen molar-refractivity contribution in [2.45, 2.75) is 31.9 Å². The van der Waals surface area contributed by atoms with Crippen molar-refractivity contribution >= 4 is 16.0 Å². The zero-order chi connectivity index (χ0) is 26.7. The van der Waals surface area contributed by atoms with Gasteiger partial charge in [0.05, 0.1) is 25.0 Å². The molecule has 4 aromatic rings. The number of hydrogen-bond donors (Lipinski definition) is 1. The van der Waals surface area contributed by atoms with E-state index in [-0.39, 0.29) is 40.6 Å². The van der Waals surface area contributed by atoms with E-state index in [0.29, 0.717) is 11.5 Å². The number of furan rings is 1. The minimum absolute atomic E-state index is 0.0871. The van der Waals surface area contributed by atoms with Crippen LogP contribution in [0.1, 0.15) is 36.9 Å². The van der Waals surface area contributed by atoms with E-state index in [1.807, 2.05) is 6.07 Å². The molecule has 0 spiro atoms. The van der Waals surface area contributed by atoms with Crippen molar-refractivity contribution in [3.63, 3.8) is 0 Å². The fourth-order valence-electron chi connectivity index (χ4n) is 3.44. The van der Waals surface area contributed by atoms with E-state index in [1.54, 1.807) is 26.0 Å². The van der Waals surface area contributed by atoms with Gasteiger partial charge < -0.3 is 13.9 Å². The Labute approximate surface area is 212 Å². The molecule has 0 aliphatic heterocycles. The van der Waals surface area contributed by atoms with Crippen molar-refractivity contribution < 1.29 is 22.3 Å². The molecule has 0 radical (unpaired) electrons. The fourth-order valence-corrected chi connectivity index (χ4v) is 4.68. The van der Waals surface area contributed by atoms with Gasteiger partial charge in [0.15, 0.2) is 11.4 Å². The number of nitrogens with zero attached hydrogens (tertiary/aromatic N) is 8. The molecule has 192 valence electrons. The van der Waals surface area contributed by atoms with Crippen molar-refractivity contribution in [1.29, 1.82) is 5.26 Å². The normalized spacial score (nSPS) is 13.0. The van der Waals surface area contributed by atoms with Crippen LogP contribution in [0.25, 0.3) is 17.3 Å². The molecular formula is C22H23N9O5S. The number of aryl methyl sites for hydroxylation is 1. The summed E-state index contributed by atoms with van der Waals surface area (Å²) in [6.45, 7) is 4.94. The summed E-state index contributed by atoms with van der Waals surface area (Å²) in [5.41, 5.74) is 0.432. The molecule has 14 nitrogen and oxygen atoms in total. The van der Waals surface area contributed by atoms with Crippen LogP contribution in [0.15, 0.2) is 35.3 Å². The number of hydrogen-bond acceptors (Lipinski definition) is 12. The number of ether oxygens (including phenoxy) is 2. The Hall–Kier alpha value is -4.58. The van der Waals surface area contributed by atoms with Crippen LogP contribution in [0.2, 0.25) is 0 Å². The second kappa shape index (κ2) is 10.2. The summed E-state index contributed by atoms with van der Waals surface area (Å²) in [4.78, 5) is 16.5. The Morgan fingerprint density at radius 3 is 2.24 bits per heavy atom. The van der Waals surface area contributed by atoms with Crippen molar-refractivity contribution in [2.75, 3.05) is 18.9 Å². The van der Waals surface area contributed by atoms with E-state index in [9.17, 15) is 8.42 Å². The summed E-state index contributed by atoms with van der Waals surface area (Å²) in [6, 6.07) is 5.33. The molecule has 1 N–H and O–H groups in total. The van der Waals surface area contributed by atoms with Crippen molar-refractivity contribution in [1.82, 2.24) is 34.7 Å². The Balaban J connectivity index is 1.79. The molecule has 0 aliphatic rings. The Morgan fingerprint density at radius 2 is 1.70 bits per heavy atom. The third kappa shape index (κ3) is 4.91. The quantitative estimate of drug-likeness (QED) is 0.336. The van der Waals surface area contributed by atoms with Gasteiger partial charge in [-0.05, 0) is 26.0 Å². The summed E-state index contributed by atoms with van der Waals surface area (Å²) in [5.74, 6) is 0.732. The maximum absolute atomic E-state index is 13.5. The van der Waals surface area contributed by atoms with E-state index in [2.05, 4.69) is 34.9 Å². The van der Waals surface area contributed by atoms with Gasteiger partial charge in [-0.1, -0.05) is 6.92 Å². The van der Waals surface area contributed by atoms with Crippen molar-refractivity contribution in [3.05, 3.63) is 48.0 Å². The molecule has 2 atom stereocenters. The summed E-state index contributed by atoms with van der Waals surface area (Å²) in [7, 11) is -1.28. The second-order valence-corrected chi connectivity index (χ2v) is 9.95. The van der Waals surface area contributed by atoms with E-state index >= 15 is 0 Å². The van der Waals surface area contributed by atoms with Crippen LogP contribution in [0, 0.1) is 18.3 Å². The van der Waals surface area contributed by atoms with Crippen molar-refractivity contribution in [3.8, 4) is 35.1 Å². The van der Waals surface area contributed by atoms with Crippen LogP contribution in [-0.2, 0) is 10.0 Å². The number of sulfonamides is 1. The van der Waals surface area contributed by atoms with Gasteiger partial charge in [0, 0.05) is 18.3 Å². The number of methoxy groups -OCH3 is 2. The maximum atomic E-state index is 13.5. The fraction of sp³-hybridized carbons (Fsp3) is 0.318. The van der Waals surface area contributed by atoms with Crippen molar-refractivity contribution in [2.24, 2.45) is 0 Å². The lowest BCUT2D eigenvalue weighted by molar-refractivity contribution is 0.368. The highest BCUT2D eigenvalue weighted by atomic mass is 32.2. The summed E-state index contributed by atoms with van der Waals surface area (Å²) < 4.78 is 47.3. The lowest BCUT2D eigenvalue weighted by Crippen LogP contribution is -2.31. The largest absolute Gasteiger partial charge is 0.479 e. The highest BCUT2D eigenvalue weighted by molar-refractivity contribution is 7.93. The van der Waals surface area contributed by atoms with Gasteiger partial charge in [0.25, 0.3) is 0 Å². The minimum atomic E-state index is -4.08. The first-order valence-corrected chi connectivity index (χ1v) is 12.4. The molecule has 0 amide bonds. The van der Waals surface area contributed by atoms with Gasteiger partial charge in [-0.3, -0.25) is 4.72 Å². The van der Waals surface area contributed by atoms with Gasteiger partial charge in [-0.2, -0.15) is 15.2 Å². The summed E-state index contributed by atoms with van der Waals surface area (Å²) in [5, 5.41) is 16.2. The first-order valence-electron chi connectivity index (χ1n) is 10.9. The molecule has 4 heterocycles. The van der Waals surface area contributed by atoms with Crippen LogP contribution in [-0.4, -0.2) is 62.6 Å². The van der Waals surface area contributed by atoms with Gasteiger partial charge in [-0.15, -0.1) is 10.2 Å². The van der Waals surface area contributed by atoms with E-state index in [4.69, 9.17) is 19.2 Å². The predicted octanol–water partition coefficient (Wildman–Crippen LogP) is 2.24. The van der Waals surface area contributed by atoms with Gasteiger partial charge >= 0.3 is 0 Å². The lowest BCUT2D eigenvalue weighted by atomic mass is 10.1. The van der Waals surface area contributed by atoms with Gasteiger partial charge in [0.1, 0.15) is 24.0 Å². The first kappa shape index (κ1) is 25.5. The summed E-state index contributed by atoms with van der Waals surface area (Å²) >= 11 is 0. The van der Waals surface area contributed by atoms with Crippen LogP contribution < -0.4 is 14.2 Å². The number of nitriles is 1. The maximum Gasteiger partial charge on any atom is 0.245 e. The predicted molar refractivity (Wildman–Crippen MR) is 130 cm³/mol. The van der Waals surface area contributed by atoms with Gasteiger partial charge in [-0.25, -0.2) is 23.0 Å². The molecule has 0 unspecified atom stereocenters. The standard InChI is InChI=1S/C22H23N9O5S/c1-12-6-7-16(36-12)19-28-29-22(31(19)17-20(34-4)26-11-27-21(17)35-5)30-37(32,33)14(3)13(2)18-24-9-15(8-23)10-25-18/h6-7,9-11,13-14H,1-5H3,(H,29,30)/t13-,14-/m0/s1. The highest BCUT2D eigenvalue weighted by Crippen LogP contribution is 2.36. The molecule has 0 aromatic carbocycles. The second-order valence-electron chi connectivity index (χ2n) is 7.92. The van der Waals surface area contributed by atoms with Crippen LogP contribution in [0.5, 0.6) is 11.8 Å². The smallest absolute Gasteiger partial charge is 0.245 e. The average Bonchev–Trinajstić information content (AvgIpc) is 3.52. The molecule has 0 fully saturated rings. The molecule has 0 saturated heterocycles. The molecule has 4 rings (SSSR count). The summed E-state index contributed by atoms with van der Waals surface area (Å²) in [6.07, 6.45) is 3.93. The minimum Gasteiger partial charge on any atom is -0.479 e. The van der Waals surface area contributed by atoms with E-state index < -0.39 is 21.2 Å². The molecule has 0 aliphatic carbocycles. The SMILES string of the molecule is COc1ncnc(OC)c1-n1c(NS(=O)(=O)[C@@H](C)[C@H](C)c2ncc(C#N)cn2)nnc1-c1ccc(C)o1. The Bertz CT molecular complexity index is 1540. The number of aromatic nitrogens is 7. The van der Waals surface area contributed by atoms with E-state index in [1.165, 1.54) is 44.4 Å². The zero-order valence-electron chi connectivity index (χ0n) is 20.6. The number of nitrogens with one attached hydrogen (secondary N) is 1. The molecular weight excluding hydrogens is 502 g/mol. The van der Waals surface area contributed by atoms with Crippen LogP contribution in [0.3, 0.4) is 0 Å². The van der Waals surface area contributed by atoms with E-state index in [0.717, 1.165) is 0 Å². The Morgan fingerprint density at radius 1 is 1.05 bits per heavy atom. The molecule has 15 heteroatoms. The highest BCUT2D eigenvalue weighted by Gasteiger charge is 2.33. The third-order valence-electron chi connectivity index (χ3n) is 5.62. The van der Waals surface area contributed by atoms with Crippen LogP contribution in [0.4, 0.5) is 5.95 Å². The van der Waals surface area contributed by atoms with Crippen LogP contribution >= 0.6 is 0 Å². The first-order chi connectivity index (χ1) is 17.7. The Kier molecular flexibility index (Phi) is 7.02. The molecule has 4 aromatic heterocycles. The average molecular weight is 526 g/mol. The molecule has 0 saturated carbocycles.